The zero-order valence-corrected chi connectivity index (χ0v) is 10.4. The number of hydrogen-bond donors (Lipinski definition) is 2. The van der Waals surface area contributed by atoms with Gasteiger partial charge in [-0.15, -0.1) is 0 Å². The molecule has 94 valence electrons. The molecule has 1 fully saturated rings. The van der Waals surface area contributed by atoms with Gasteiger partial charge in [0, 0.05) is 12.6 Å². The van der Waals surface area contributed by atoms with Gasteiger partial charge in [0.1, 0.15) is 0 Å². The SMILES string of the molecule is CCC1OCCC1C(=O)NC(C)CC(C)O. The summed E-state index contributed by atoms with van der Waals surface area (Å²) >= 11 is 0. The lowest BCUT2D eigenvalue weighted by atomic mass is 9.98. The van der Waals surface area contributed by atoms with Crippen LogP contribution in [0.3, 0.4) is 0 Å². The molecule has 4 unspecified atom stereocenters. The highest BCUT2D eigenvalue weighted by Crippen LogP contribution is 2.23. The summed E-state index contributed by atoms with van der Waals surface area (Å²) in [7, 11) is 0. The van der Waals surface area contributed by atoms with Crippen molar-refractivity contribution in [1.29, 1.82) is 0 Å². The highest BCUT2D eigenvalue weighted by Gasteiger charge is 2.33. The summed E-state index contributed by atoms with van der Waals surface area (Å²) in [5.74, 6) is 0.0546. The standard InChI is InChI=1S/C12H23NO3/c1-4-11-10(5-6-16-11)12(15)13-8(2)7-9(3)14/h8-11,14H,4-7H2,1-3H3,(H,13,15). The van der Waals surface area contributed by atoms with E-state index in [1.165, 1.54) is 0 Å². The van der Waals surface area contributed by atoms with Crippen LogP contribution in [-0.4, -0.2) is 35.9 Å². The molecule has 1 amide bonds. The van der Waals surface area contributed by atoms with E-state index in [-0.39, 0.29) is 30.1 Å². The van der Waals surface area contributed by atoms with Crippen molar-refractivity contribution in [2.24, 2.45) is 5.92 Å². The van der Waals surface area contributed by atoms with Crippen molar-refractivity contribution < 1.29 is 14.6 Å². The van der Waals surface area contributed by atoms with E-state index in [1.54, 1.807) is 6.92 Å². The van der Waals surface area contributed by atoms with Crippen LogP contribution in [0.1, 0.15) is 40.0 Å². The Balaban J connectivity index is 2.39. The lowest BCUT2D eigenvalue weighted by molar-refractivity contribution is -0.127. The molecule has 4 heteroatoms. The smallest absolute Gasteiger partial charge is 0.226 e. The Bertz CT molecular complexity index is 230. The molecular weight excluding hydrogens is 206 g/mol. The number of amides is 1. The average molecular weight is 229 g/mol. The second-order valence-corrected chi connectivity index (χ2v) is 4.71. The van der Waals surface area contributed by atoms with Gasteiger partial charge in [-0.3, -0.25) is 4.79 Å². The first-order chi connectivity index (χ1) is 7.54. The van der Waals surface area contributed by atoms with Crippen LogP contribution in [0.25, 0.3) is 0 Å². The number of carbonyl (C=O) groups excluding carboxylic acids is 1. The number of carbonyl (C=O) groups is 1. The lowest BCUT2D eigenvalue weighted by Gasteiger charge is -2.20. The summed E-state index contributed by atoms with van der Waals surface area (Å²) < 4.78 is 5.49. The normalized spacial score (nSPS) is 28.8. The molecule has 0 saturated carbocycles. The molecule has 1 heterocycles. The zero-order valence-electron chi connectivity index (χ0n) is 10.4. The van der Waals surface area contributed by atoms with Gasteiger partial charge in [0.25, 0.3) is 0 Å². The van der Waals surface area contributed by atoms with E-state index in [0.717, 1.165) is 12.8 Å². The summed E-state index contributed by atoms with van der Waals surface area (Å²) in [6, 6.07) is 0.0191. The average Bonchev–Trinajstić information content (AvgIpc) is 2.63. The third-order valence-corrected chi connectivity index (χ3v) is 3.03. The number of nitrogens with one attached hydrogen (secondary N) is 1. The minimum absolute atomic E-state index is 0.0125. The van der Waals surface area contributed by atoms with Crippen LogP contribution >= 0.6 is 0 Å². The first-order valence-electron chi connectivity index (χ1n) is 6.14. The second-order valence-electron chi connectivity index (χ2n) is 4.71. The molecule has 0 aromatic rings. The monoisotopic (exact) mass is 229 g/mol. The van der Waals surface area contributed by atoms with Crippen molar-refractivity contribution in [2.45, 2.75) is 58.3 Å². The van der Waals surface area contributed by atoms with Crippen LogP contribution < -0.4 is 5.32 Å². The minimum Gasteiger partial charge on any atom is -0.393 e. The maximum Gasteiger partial charge on any atom is 0.226 e. The van der Waals surface area contributed by atoms with E-state index in [4.69, 9.17) is 4.74 Å². The van der Waals surface area contributed by atoms with Crippen LogP contribution in [0.5, 0.6) is 0 Å². The van der Waals surface area contributed by atoms with E-state index in [1.807, 2.05) is 13.8 Å². The van der Waals surface area contributed by atoms with Crippen molar-refractivity contribution in [3.8, 4) is 0 Å². The Kier molecular flexibility index (Phi) is 5.22. The summed E-state index contributed by atoms with van der Waals surface area (Å²) in [6.45, 7) is 6.37. The van der Waals surface area contributed by atoms with Gasteiger partial charge in [0.2, 0.25) is 5.91 Å². The van der Waals surface area contributed by atoms with Gasteiger partial charge < -0.3 is 15.2 Å². The highest BCUT2D eigenvalue weighted by molar-refractivity contribution is 5.79. The van der Waals surface area contributed by atoms with Crippen molar-refractivity contribution in [1.82, 2.24) is 5.32 Å². The molecule has 16 heavy (non-hydrogen) atoms. The van der Waals surface area contributed by atoms with E-state index in [2.05, 4.69) is 5.32 Å². The molecule has 0 aromatic heterocycles. The largest absolute Gasteiger partial charge is 0.393 e. The predicted molar refractivity (Wildman–Crippen MR) is 62.0 cm³/mol. The number of aliphatic hydroxyl groups excluding tert-OH is 1. The number of aliphatic hydroxyl groups is 1. The van der Waals surface area contributed by atoms with E-state index < -0.39 is 0 Å². The van der Waals surface area contributed by atoms with Gasteiger partial charge in [-0.2, -0.15) is 0 Å². The first kappa shape index (κ1) is 13.5. The number of rotatable bonds is 5. The third kappa shape index (κ3) is 3.76. The van der Waals surface area contributed by atoms with Gasteiger partial charge >= 0.3 is 0 Å². The van der Waals surface area contributed by atoms with Gasteiger partial charge in [-0.1, -0.05) is 6.92 Å². The van der Waals surface area contributed by atoms with Crippen LogP contribution in [-0.2, 0) is 9.53 Å². The Labute approximate surface area is 97.4 Å². The molecular formula is C12H23NO3. The Hall–Kier alpha value is -0.610. The van der Waals surface area contributed by atoms with Crippen molar-refractivity contribution in [2.75, 3.05) is 6.61 Å². The molecule has 1 aliphatic rings. The molecule has 4 nitrogen and oxygen atoms in total. The predicted octanol–water partition coefficient (Wildman–Crippen LogP) is 1.08. The quantitative estimate of drug-likeness (QED) is 0.741. The molecule has 0 bridgehead atoms. The van der Waals surface area contributed by atoms with Crippen molar-refractivity contribution in [3.63, 3.8) is 0 Å². The number of ether oxygens (including phenoxy) is 1. The minimum atomic E-state index is -0.378. The van der Waals surface area contributed by atoms with E-state index >= 15 is 0 Å². The fraction of sp³-hybridized carbons (Fsp3) is 0.917. The number of hydrogen-bond acceptors (Lipinski definition) is 3. The van der Waals surface area contributed by atoms with Gasteiger partial charge in [-0.25, -0.2) is 0 Å². The van der Waals surface area contributed by atoms with Gasteiger partial charge in [0.15, 0.2) is 0 Å². The van der Waals surface area contributed by atoms with Crippen LogP contribution in [0.15, 0.2) is 0 Å². The molecule has 0 aromatic carbocycles. The Morgan fingerprint density at radius 2 is 2.25 bits per heavy atom. The van der Waals surface area contributed by atoms with Crippen LogP contribution in [0.4, 0.5) is 0 Å². The molecule has 1 rings (SSSR count). The molecule has 0 radical (unpaired) electrons. The Morgan fingerprint density at radius 1 is 1.56 bits per heavy atom. The summed E-state index contributed by atoms with van der Waals surface area (Å²) in [5, 5.41) is 12.2. The van der Waals surface area contributed by atoms with Crippen LogP contribution in [0.2, 0.25) is 0 Å². The zero-order chi connectivity index (χ0) is 12.1. The first-order valence-corrected chi connectivity index (χ1v) is 6.14. The maximum absolute atomic E-state index is 11.9. The topological polar surface area (TPSA) is 58.6 Å². The fourth-order valence-corrected chi connectivity index (χ4v) is 2.27. The lowest BCUT2D eigenvalue weighted by Crippen LogP contribution is -2.41. The molecule has 1 aliphatic heterocycles. The Morgan fingerprint density at radius 3 is 2.81 bits per heavy atom. The van der Waals surface area contributed by atoms with E-state index in [0.29, 0.717) is 13.0 Å². The molecule has 1 saturated heterocycles. The fourth-order valence-electron chi connectivity index (χ4n) is 2.27. The van der Waals surface area contributed by atoms with Crippen molar-refractivity contribution in [3.05, 3.63) is 0 Å². The van der Waals surface area contributed by atoms with Gasteiger partial charge in [-0.05, 0) is 33.1 Å². The maximum atomic E-state index is 11.9. The molecule has 0 aliphatic carbocycles. The van der Waals surface area contributed by atoms with E-state index in [9.17, 15) is 9.90 Å². The summed E-state index contributed by atoms with van der Waals surface area (Å²) in [4.78, 5) is 11.9. The summed E-state index contributed by atoms with van der Waals surface area (Å²) in [5.41, 5.74) is 0. The van der Waals surface area contributed by atoms with Crippen molar-refractivity contribution >= 4 is 5.91 Å². The molecule has 0 spiro atoms. The second kappa shape index (κ2) is 6.21. The van der Waals surface area contributed by atoms with Crippen LogP contribution in [0, 0.1) is 5.92 Å². The highest BCUT2D eigenvalue weighted by atomic mass is 16.5. The molecule has 4 atom stereocenters. The molecule has 2 N–H and O–H groups in total. The third-order valence-electron chi connectivity index (χ3n) is 3.03. The van der Waals surface area contributed by atoms with Gasteiger partial charge in [0.05, 0.1) is 18.1 Å². The summed E-state index contributed by atoms with van der Waals surface area (Å²) in [6.07, 6.45) is 1.97.